The van der Waals surface area contributed by atoms with Crippen LogP contribution in [0, 0.1) is 6.92 Å². The first-order valence-electron chi connectivity index (χ1n) is 5.80. The van der Waals surface area contributed by atoms with Gasteiger partial charge in [-0.15, -0.1) is 0 Å². The van der Waals surface area contributed by atoms with Gasteiger partial charge in [0, 0.05) is 30.9 Å². The fourth-order valence-electron chi connectivity index (χ4n) is 1.36. The molecule has 0 spiro atoms. The molecule has 1 rings (SSSR count). The molecular weight excluding hydrogens is 248 g/mol. The summed E-state index contributed by atoms with van der Waals surface area (Å²) in [6.45, 7) is 6.45. The van der Waals surface area contributed by atoms with Crippen molar-refractivity contribution in [3.63, 3.8) is 0 Å². The van der Waals surface area contributed by atoms with Gasteiger partial charge >= 0.3 is 0 Å². The highest BCUT2D eigenvalue weighted by molar-refractivity contribution is 7.80. The van der Waals surface area contributed by atoms with Gasteiger partial charge in [0.2, 0.25) is 5.88 Å². The van der Waals surface area contributed by atoms with Gasteiger partial charge in [-0.05, 0) is 26.8 Å². The van der Waals surface area contributed by atoms with E-state index < -0.39 is 0 Å². The van der Waals surface area contributed by atoms with Gasteiger partial charge in [0.15, 0.2) is 0 Å². The number of pyridine rings is 1. The minimum atomic E-state index is -0.199. The van der Waals surface area contributed by atoms with E-state index in [1.54, 1.807) is 13.2 Å². The number of hydrogen-bond donors (Lipinski definition) is 1. The molecule has 18 heavy (non-hydrogen) atoms. The molecule has 0 aliphatic rings. The standard InChI is InChI=1S/C13H20N2O2S/c1-9-7-10(12(14)18)8-11(15-9)17-6-5-13(2,3)16-4/h7-8H,5-6H2,1-4H3,(H2,14,18). The molecule has 0 aromatic carbocycles. The molecule has 1 heterocycles. The van der Waals surface area contributed by atoms with Gasteiger partial charge in [-0.2, -0.15) is 0 Å². The molecule has 0 fully saturated rings. The minimum absolute atomic E-state index is 0.199. The van der Waals surface area contributed by atoms with Crippen LogP contribution in [0.4, 0.5) is 0 Å². The van der Waals surface area contributed by atoms with Crippen LogP contribution in [-0.4, -0.2) is 29.3 Å². The minimum Gasteiger partial charge on any atom is -0.478 e. The summed E-state index contributed by atoms with van der Waals surface area (Å²) in [7, 11) is 1.69. The summed E-state index contributed by atoms with van der Waals surface area (Å²) in [5, 5.41) is 0. The van der Waals surface area contributed by atoms with Crippen LogP contribution in [0.2, 0.25) is 0 Å². The zero-order chi connectivity index (χ0) is 13.8. The van der Waals surface area contributed by atoms with Crippen LogP contribution in [0.3, 0.4) is 0 Å². The predicted molar refractivity (Wildman–Crippen MR) is 76.1 cm³/mol. The molecule has 0 radical (unpaired) electrons. The second-order valence-corrected chi connectivity index (χ2v) is 5.20. The number of hydrogen-bond acceptors (Lipinski definition) is 4. The molecule has 0 aliphatic heterocycles. The van der Waals surface area contributed by atoms with Crippen molar-refractivity contribution in [2.75, 3.05) is 13.7 Å². The fourth-order valence-corrected chi connectivity index (χ4v) is 1.48. The molecular formula is C13H20N2O2S. The van der Waals surface area contributed by atoms with E-state index in [-0.39, 0.29) is 5.60 Å². The molecule has 4 nitrogen and oxygen atoms in total. The SMILES string of the molecule is COC(C)(C)CCOc1cc(C(N)=S)cc(C)n1. The smallest absolute Gasteiger partial charge is 0.214 e. The summed E-state index contributed by atoms with van der Waals surface area (Å²) in [4.78, 5) is 4.63. The van der Waals surface area contributed by atoms with Gasteiger partial charge in [-0.3, -0.25) is 0 Å². The highest BCUT2D eigenvalue weighted by Crippen LogP contribution is 2.16. The molecule has 0 amide bonds. The summed E-state index contributed by atoms with van der Waals surface area (Å²) >= 11 is 4.95. The summed E-state index contributed by atoms with van der Waals surface area (Å²) in [6, 6.07) is 3.60. The largest absolute Gasteiger partial charge is 0.478 e. The van der Waals surface area contributed by atoms with Gasteiger partial charge in [-0.1, -0.05) is 12.2 Å². The van der Waals surface area contributed by atoms with Crippen LogP contribution in [0.5, 0.6) is 5.88 Å². The zero-order valence-corrected chi connectivity index (χ0v) is 12.1. The lowest BCUT2D eigenvalue weighted by atomic mass is 10.1. The summed E-state index contributed by atoms with van der Waals surface area (Å²) in [5.41, 5.74) is 7.01. The third-order valence-corrected chi connectivity index (χ3v) is 2.96. The molecule has 2 N–H and O–H groups in total. The molecule has 100 valence electrons. The monoisotopic (exact) mass is 268 g/mol. The Bertz CT molecular complexity index is 433. The van der Waals surface area contributed by atoms with Gasteiger partial charge in [0.25, 0.3) is 0 Å². The van der Waals surface area contributed by atoms with E-state index in [1.165, 1.54) is 0 Å². The molecule has 5 heteroatoms. The van der Waals surface area contributed by atoms with Gasteiger partial charge in [0.1, 0.15) is 4.99 Å². The van der Waals surface area contributed by atoms with E-state index in [9.17, 15) is 0 Å². The predicted octanol–water partition coefficient (Wildman–Crippen LogP) is 2.22. The fraction of sp³-hybridized carbons (Fsp3) is 0.538. The Morgan fingerprint density at radius 3 is 2.67 bits per heavy atom. The Morgan fingerprint density at radius 2 is 2.11 bits per heavy atom. The van der Waals surface area contributed by atoms with E-state index in [4.69, 9.17) is 27.4 Å². The topological polar surface area (TPSA) is 57.4 Å². The highest BCUT2D eigenvalue weighted by atomic mass is 32.1. The highest BCUT2D eigenvalue weighted by Gasteiger charge is 2.16. The van der Waals surface area contributed by atoms with Crippen LogP contribution in [0.1, 0.15) is 31.5 Å². The second kappa shape index (κ2) is 6.11. The van der Waals surface area contributed by atoms with Crippen molar-refractivity contribution < 1.29 is 9.47 Å². The summed E-state index contributed by atoms with van der Waals surface area (Å²) in [5.74, 6) is 0.546. The average molecular weight is 268 g/mol. The van der Waals surface area contributed by atoms with Crippen molar-refractivity contribution in [2.24, 2.45) is 5.73 Å². The Labute approximate surface area is 113 Å². The molecule has 1 aromatic heterocycles. The number of thiocarbonyl (C=S) groups is 1. The van der Waals surface area contributed by atoms with Gasteiger partial charge < -0.3 is 15.2 Å². The number of nitrogens with two attached hydrogens (primary N) is 1. The molecule has 0 unspecified atom stereocenters. The molecule has 0 saturated carbocycles. The number of ether oxygens (including phenoxy) is 2. The molecule has 0 atom stereocenters. The van der Waals surface area contributed by atoms with Crippen molar-refractivity contribution >= 4 is 17.2 Å². The quantitative estimate of drug-likeness (QED) is 0.802. The Balaban J connectivity index is 2.65. The van der Waals surface area contributed by atoms with E-state index in [1.807, 2.05) is 26.8 Å². The van der Waals surface area contributed by atoms with Crippen molar-refractivity contribution in [3.05, 3.63) is 23.4 Å². The average Bonchev–Trinajstić information content (AvgIpc) is 2.28. The number of aromatic nitrogens is 1. The normalized spacial score (nSPS) is 11.3. The van der Waals surface area contributed by atoms with E-state index in [2.05, 4.69) is 4.98 Å². The molecule has 1 aromatic rings. The molecule has 0 saturated heterocycles. The third-order valence-electron chi connectivity index (χ3n) is 2.72. The Kier molecular flexibility index (Phi) is 5.04. The van der Waals surface area contributed by atoms with Crippen molar-refractivity contribution in [1.29, 1.82) is 0 Å². The maximum absolute atomic E-state index is 5.61. The van der Waals surface area contributed by atoms with E-state index in [0.717, 1.165) is 17.7 Å². The first kappa shape index (κ1) is 14.9. The van der Waals surface area contributed by atoms with E-state index >= 15 is 0 Å². The lowest BCUT2D eigenvalue weighted by Gasteiger charge is -2.22. The molecule has 0 bridgehead atoms. The second-order valence-electron chi connectivity index (χ2n) is 4.76. The van der Waals surface area contributed by atoms with Crippen LogP contribution in [0.25, 0.3) is 0 Å². The Hall–Kier alpha value is -1.20. The van der Waals surface area contributed by atoms with Gasteiger partial charge in [-0.25, -0.2) is 4.98 Å². The van der Waals surface area contributed by atoms with Crippen LogP contribution < -0.4 is 10.5 Å². The van der Waals surface area contributed by atoms with Crippen molar-refractivity contribution in [3.8, 4) is 5.88 Å². The first-order chi connectivity index (χ1) is 8.34. The van der Waals surface area contributed by atoms with Crippen LogP contribution >= 0.6 is 12.2 Å². The lowest BCUT2D eigenvalue weighted by Crippen LogP contribution is -2.25. The summed E-state index contributed by atoms with van der Waals surface area (Å²) < 4.78 is 10.9. The number of nitrogens with zero attached hydrogens (tertiary/aromatic N) is 1. The zero-order valence-electron chi connectivity index (χ0n) is 11.3. The third kappa shape index (κ3) is 4.58. The van der Waals surface area contributed by atoms with Crippen LogP contribution in [-0.2, 0) is 4.74 Å². The molecule has 0 aliphatic carbocycles. The maximum Gasteiger partial charge on any atom is 0.214 e. The maximum atomic E-state index is 5.61. The summed E-state index contributed by atoms with van der Waals surface area (Å²) in [6.07, 6.45) is 0.779. The van der Waals surface area contributed by atoms with Crippen molar-refractivity contribution in [2.45, 2.75) is 32.8 Å². The lowest BCUT2D eigenvalue weighted by molar-refractivity contribution is 0.00508. The first-order valence-corrected chi connectivity index (χ1v) is 6.21. The van der Waals surface area contributed by atoms with E-state index in [0.29, 0.717) is 17.5 Å². The van der Waals surface area contributed by atoms with Gasteiger partial charge in [0.05, 0.1) is 12.2 Å². The van der Waals surface area contributed by atoms with Crippen LogP contribution in [0.15, 0.2) is 12.1 Å². The number of methoxy groups -OCH3 is 1. The number of rotatable bonds is 6. The Morgan fingerprint density at radius 1 is 1.44 bits per heavy atom. The van der Waals surface area contributed by atoms with Crippen molar-refractivity contribution in [1.82, 2.24) is 4.98 Å². The number of aryl methyl sites for hydroxylation is 1.